The summed E-state index contributed by atoms with van der Waals surface area (Å²) >= 11 is 3.98. The molecule has 1 N–H and O–H groups in total. The van der Waals surface area contributed by atoms with E-state index in [0.717, 1.165) is 6.54 Å². The molecule has 2 atom stereocenters. The van der Waals surface area contributed by atoms with Crippen molar-refractivity contribution in [2.75, 3.05) is 18.1 Å². The summed E-state index contributed by atoms with van der Waals surface area (Å²) in [6, 6.07) is 0.618. The molecule has 2 nitrogen and oxygen atoms in total. The molecule has 0 aliphatic carbocycles. The van der Waals surface area contributed by atoms with Crippen molar-refractivity contribution in [3.63, 3.8) is 0 Å². The van der Waals surface area contributed by atoms with E-state index in [1.807, 2.05) is 11.8 Å². The van der Waals surface area contributed by atoms with Gasteiger partial charge >= 0.3 is 0 Å². The lowest BCUT2D eigenvalue weighted by atomic mass is 10.1. The maximum atomic E-state index is 4.76. The van der Waals surface area contributed by atoms with E-state index in [4.69, 9.17) is 4.99 Å². The minimum Gasteiger partial charge on any atom is -0.361 e. The summed E-state index contributed by atoms with van der Waals surface area (Å²) in [6.07, 6.45) is 2.69. The van der Waals surface area contributed by atoms with Crippen molar-refractivity contribution in [3.05, 3.63) is 0 Å². The van der Waals surface area contributed by atoms with Crippen molar-refractivity contribution in [2.45, 2.75) is 44.4 Å². The first-order chi connectivity index (χ1) is 7.59. The SMILES string of the molecule is CC(C)[C@H]1CSC(=NCC2(C)CCCS2)N1. The highest BCUT2D eigenvalue weighted by atomic mass is 32.2. The highest BCUT2D eigenvalue weighted by Crippen LogP contribution is 2.38. The zero-order valence-electron chi connectivity index (χ0n) is 10.5. The van der Waals surface area contributed by atoms with Gasteiger partial charge in [-0.2, -0.15) is 11.8 Å². The molecule has 1 unspecified atom stereocenters. The van der Waals surface area contributed by atoms with Crippen LogP contribution in [0.1, 0.15) is 33.6 Å². The van der Waals surface area contributed by atoms with E-state index in [-0.39, 0.29) is 0 Å². The van der Waals surface area contributed by atoms with Gasteiger partial charge in [-0.3, -0.25) is 4.99 Å². The number of nitrogens with one attached hydrogen (secondary N) is 1. The van der Waals surface area contributed by atoms with E-state index >= 15 is 0 Å². The molecular formula is C12H22N2S2. The molecule has 2 heterocycles. The monoisotopic (exact) mass is 258 g/mol. The Morgan fingerprint density at radius 2 is 2.38 bits per heavy atom. The van der Waals surface area contributed by atoms with Crippen molar-refractivity contribution in [1.82, 2.24) is 5.32 Å². The Morgan fingerprint density at radius 1 is 1.56 bits per heavy atom. The first-order valence-electron chi connectivity index (χ1n) is 6.17. The summed E-state index contributed by atoms with van der Waals surface area (Å²) in [5.74, 6) is 3.20. The van der Waals surface area contributed by atoms with Crippen LogP contribution in [0.25, 0.3) is 0 Å². The first-order valence-corrected chi connectivity index (χ1v) is 8.14. The highest BCUT2D eigenvalue weighted by molar-refractivity contribution is 8.14. The van der Waals surface area contributed by atoms with Crippen molar-refractivity contribution in [3.8, 4) is 0 Å². The predicted molar refractivity (Wildman–Crippen MR) is 76.6 cm³/mol. The minimum absolute atomic E-state index is 0.408. The summed E-state index contributed by atoms with van der Waals surface area (Å²) in [4.78, 5) is 4.76. The molecule has 0 aromatic rings. The van der Waals surface area contributed by atoms with Crippen molar-refractivity contribution < 1.29 is 0 Å². The standard InChI is InChI=1S/C12H22N2S2/c1-9(2)10-7-15-11(14-10)13-8-12(3)5-4-6-16-12/h9-10H,4-8H2,1-3H3,(H,13,14)/t10-,12?/m1/s1. The summed E-state index contributed by atoms with van der Waals surface area (Å²) in [5.41, 5.74) is 0. The van der Waals surface area contributed by atoms with Crippen LogP contribution < -0.4 is 5.32 Å². The fraction of sp³-hybridized carbons (Fsp3) is 0.917. The predicted octanol–water partition coefficient (Wildman–Crippen LogP) is 2.99. The van der Waals surface area contributed by atoms with Crippen LogP contribution in [-0.2, 0) is 0 Å². The fourth-order valence-corrected chi connectivity index (χ4v) is 4.48. The van der Waals surface area contributed by atoms with Gasteiger partial charge in [0.15, 0.2) is 5.17 Å². The molecule has 2 aliphatic rings. The number of hydrogen-bond acceptors (Lipinski definition) is 3. The fourth-order valence-electron chi connectivity index (χ4n) is 2.06. The molecule has 2 aliphatic heterocycles. The van der Waals surface area contributed by atoms with E-state index < -0.39 is 0 Å². The van der Waals surface area contributed by atoms with Crippen LogP contribution >= 0.6 is 23.5 Å². The van der Waals surface area contributed by atoms with Crippen LogP contribution in [-0.4, -0.2) is 34.0 Å². The Hall–Kier alpha value is 0.170. The maximum Gasteiger partial charge on any atom is 0.156 e. The molecule has 0 saturated carbocycles. The molecule has 4 heteroatoms. The third-order valence-corrected chi connectivity index (χ3v) is 5.94. The van der Waals surface area contributed by atoms with Gasteiger partial charge in [0.1, 0.15) is 0 Å². The molecule has 2 rings (SSSR count). The minimum atomic E-state index is 0.408. The average molecular weight is 258 g/mol. The lowest BCUT2D eigenvalue weighted by molar-refractivity contribution is 0.502. The molecule has 0 radical (unpaired) electrons. The van der Waals surface area contributed by atoms with Gasteiger partial charge in [0.2, 0.25) is 0 Å². The quantitative estimate of drug-likeness (QED) is 0.842. The largest absolute Gasteiger partial charge is 0.361 e. The Bertz CT molecular complexity index is 270. The van der Waals surface area contributed by atoms with E-state index in [1.165, 1.54) is 29.5 Å². The maximum absolute atomic E-state index is 4.76. The Balaban J connectivity index is 1.84. The normalized spacial score (nSPS) is 37.2. The smallest absolute Gasteiger partial charge is 0.156 e. The van der Waals surface area contributed by atoms with Crippen molar-refractivity contribution >= 4 is 28.7 Å². The third kappa shape index (κ3) is 3.10. The molecule has 0 amide bonds. The summed E-state index contributed by atoms with van der Waals surface area (Å²) in [5, 5.41) is 4.71. The molecule has 0 bridgehead atoms. The molecule has 0 aromatic carbocycles. The summed E-state index contributed by atoms with van der Waals surface area (Å²) in [7, 11) is 0. The van der Waals surface area contributed by atoms with Gasteiger partial charge in [-0.1, -0.05) is 25.6 Å². The molecule has 2 saturated heterocycles. The summed E-state index contributed by atoms with van der Waals surface area (Å²) in [6.45, 7) is 7.89. The van der Waals surface area contributed by atoms with Crippen LogP contribution in [0, 0.1) is 5.92 Å². The topological polar surface area (TPSA) is 24.4 Å². The zero-order valence-corrected chi connectivity index (χ0v) is 12.1. The number of nitrogens with zero attached hydrogens (tertiary/aromatic N) is 1. The highest BCUT2D eigenvalue weighted by Gasteiger charge is 2.30. The van der Waals surface area contributed by atoms with Crippen molar-refractivity contribution in [1.29, 1.82) is 0 Å². The van der Waals surface area contributed by atoms with Gasteiger partial charge < -0.3 is 5.32 Å². The zero-order chi connectivity index (χ0) is 11.6. The first kappa shape index (κ1) is 12.6. The van der Waals surface area contributed by atoms with E-state index in [9.17, 15) is 0 Å². The lowest BCUT2D eigenvalue weighted by Gasteiger charge is -2.20. The second kappa shape index (κ2) is 5.21. The van der Waals surface area contributed by atoms with E-state index in [0.29, 0.717) is 16.7 Å². The van der Waals surface area contributed by atoms with Crippen molar-refractivity contribution in [2.24, 2.45) is 10.9 Å². The van der Waals surface area contributed by atoms with Gasteiger partial charge in [-0.25, -0.2) is 0 Å². The van der Waals surface area contributed by atoms with Gasteiger partial charge in [0.05, 0.1) is 6.54 Å². The number of thioether (sulfide) groups is 2. The van der Waals surface area contributed by atoms with Gasteiger partial charge in [0.25, 0.3) is 0 Å². The van der Waals surface area contributed by atoms with Gasteiger partial charge in [-0.15, -0.1) is 0 Å². The molecule has 2 fully saturated rings. The van der Waals surface area contributed by atoms with Gasteiger partial charge in [0, 0.05) is 16.5 Å². The lowest BCUT2D eigenvalue weighted by Crippen LogP contribution is -2.32. The second-order valence-electron chi connectivity index (χ2n) is 5.33. The number of amidine groups is 1. The number of aliphatic imine (C=N–C) groups is 1. The molecule has 0 spiro atoms. The third-order valence-electron chi connectivity index (χ3n) is 3.37. The Labute approximate surface area is 107 Å². The molecule has 16 heavy (non-hydrogen) atoms. The van der Waals surface area contributed by atoms with Crippen LogP contribution in [0.3, 0.4) is 0 Å². The number of hydrogen-bond donors (Lipinski definition) is 1. The average Bonchev–Trinajstić information content (AvgIpc) is 2.84. The van der Waals surface area contributed by atoms with Crippen LogP contribution in [0.15, 0.2) is 4.99 Å². The molecule has 92 valence electrons. The van der Waals surface area contributed by atoms with Crippen LogP contribution in [0.4, 0.5) is 0 Å². The Kier molecular flexibility index (Phi) is 4.11. The van der Waals surface area contributed by atoms with Crippen LogP contribution in [0.2, 0.25) is 0 Å². The Morgan fingerprint density at radius 3 is 2.94 bits per heavy atom. The van der Waals surface area contributed by atoms with E-state index in [1.54, 1.807) is 0 Å². The number of rotatable bonds is 3. The molecule has 0 aromatic heterocycles. The van der Waals surface area contributed by atoms with Gasteiger partial charge in [-0.05, 0) is 31.4 Å². The second-order valence-corrected chi connectivity index (χ2v) is 8.02. The van der Waals surface area contributed by atoms with Crippen LogP contribution in [0.5, 0.6) is 0 Å². The summed E-state index contributed by atoms with van der Waals surface area (Å²) < 4.78 is 0.408. The molecular weight excluding hydrogens is 236 g/mol. The van der Waals surface area contributed by atoms with E-state index in [2.05, 4.69) is 37.8 Å².